The molecule has 3 N–H and O–H groups in total. The van der Waals surface area contributed by atoms with Gasteiger partial charge in [0.1, 0.15) is 10.0 Å². The van der Waals surface area contributed by atoms with Gasteiger partial charge >= 0.3 is 0 Å². The average molecular weight is 390 g/mol. The van der Waals surface area contributed by atoms with Crippen molar-refractivity contribution in [3.05, 3.63) is 22.1 Å². The van der Waals surface area contributed by atoms with Gasteiger partial charge in [0, 0.05) is 24.7 Å². The summed E-state index contributed by atoms with van der Waals surface area (Å²) in [7, 11) is -3.45. The summed E-state index contributed by atoms with van der Waals surface area (Å²) in [5.41, 5.74) is 0.646. The maximum Gasteiger partial charge on any atom is 0.250 e. The Hall–Kier alpha value is -1.23. The van der Waals surface area contributed by atoms with Crippen LogP contribution in [0.2, 0.25) is 0 Å². The minimum atomic E-state index is -3.45. The van der Waals surface area contributed by atoms with E-state index in [4.69, 9.17) is 0 Å². The molecule has 21 heavy (non-hydrogen) atoms. The summed E-state index contributed by atoms with van der Waals surface area (Å²) in [6.45, 7) is 0.970. The van der Waals surface area contributed by atoms with Crippen LogP contribution in [0.5, 0.6) is 0 Å². The topological polar surface area (TPSA) is 96.0 Å². The van der Waals surface area contributed by atoms with E-state index in [1.165, 1.54) is 0 Å². The summed E-state index contributed by atoms with van der Waals surface area (Å²) < 4.78 is 27.8. The number of halogens is 1. The molecule has 2 aromatic heterocycles. The van der Waals surface area contributed by atoms with Crippen molar-refractivity contribution in [2.45, 2.75) is 10.6 Å². The molecule has 0 saturated heterocycles. The van der Waals surface area contributed by atoms with Crippen LogP contribution in [0.15, 0.2) is 26.3 Å². The lowest BCUT2D eigenvalue weighted by Crippen LogP contribution is -2.25. The van der Waals surface area contributed by atoms with E-state index in [1.807, 2.05) is 0 Å². The third-order valence-electron chi connectivity index (χ3n) is 2.78. The molecule has 0 fully saturated rings. The molecule has 0 amide bonds. The van der Waals surface area contributed by atoms with Crippen LogP contribution in [-0.2, 0) is 10.0 Å². The molecule has 10 heteroatoms. The third kappa shape index (κ3) is 3.34. The average Bonchev–Trinajstić information content (AvgIpc) is 2.90. The molecule has 0 unspecified atom stereocenters. The maximum atomic E-state index is 12.1. The Kier molecular flexibility index (Phi) is 4.11. The van der Waals surface area contributed by atoms with Gasteiger partial charge in [-0.2, -0.15) is 4.98 Å². The summed E-state index contributed by atoms with van der Waals surface area (Å²) >= 11 is 4.54. The number of nitrogens with one attached hydrogen (secondary N) is 3. The van der Waals surface area contributed by atoms with Crippen molar-refractivity contribution >= 4 is 54.7 Å². The van der Waals surface area contributed by atoms with Crippen molar-refractivity contribution in [3.8, 4) is 0 Å². The summed E-state index contributed by atoms with van der Waals surface area (Å²) in [6.07, 6.45) is 2.30. The van der Waals surface area contributed by atoms with Crippen LogP contribution in [0.1, 0.15) is 6.42 Å². The van der Waals surface area contributed by atoms with Gasteiger partial charge in [0.25, 0.3) is 0 Å². The Balaban J connectivity index is 1.98. The van der Waals surface area contributed by atoms with Gasteiger partial charge in [-0.3, -0.25) is 0 Å². The van der Waals surface area contributed by atoms with E-state index in [2.05, 4.69) is 41.3 Å². The molecule has 1 aliphatic rings. The number of thiophene rings is 1. The zero-order valence-electron chi connectivity index (χ0n) is 10.8. The van der Waals surface area contributed by atoms with Crippen molar-refractivity contribution in [1.82, 2.24) is 14.7 Å². The first kappa shape index (κ1) is 14.7. The monoisotopic (exact) mass is 389 g/mol. The zero-order valence-corrected chi connectivity index (χ0v) is 14.0. The summed E-state index contributed by atoms with van der Waals surface area (Å²) in [5, 5.41) is 7.87. The molecule has 3 rings (SSSR count). The Labute approximate surface area is 134 Å². The lowest BCUT2D eigenvalue weighted by Gasteiger charge is -2.09. The van der Waals surface area contributed by atoms with Crippen LogP contribution < -0.4 is 15.4 Å². The smallest absolute Gasteiger partial charge is 0.250 e. The molecular weight excluding hydrogens is 378 g/mol. The van der Waals surface area contributed by atoms with E-state index in [9.17, 15) is 8.42 Å². The minimum absolute atomic E-state index is 0.273. The molecule has 0 saturated carbocycles. The van der Waals surface area contributed by atoms with Crippen molar-refractivity contribution in [2.75, 3.05) is 23.7 Å². The molecule has 7 nitrogen and oxygen atoms in total. The highest BCUT2D eigenvalue weighted by Gasteiger charge is 2.17. The fourth-order valence-corrected chi connectivity index (χ4v) is 4.34. The Morgan fingerprint density at radius 3 is 3.05 bits per heavy atom. The quantitative estimate of drug-likeness (QED) is 0.638. The van der Waals surface area contributed by atoms with Crippen LogP contribution in [-0.4, -0.2) is 31.5 Å². The van der Waals surface area contributed by atoms with E-state index >= 15 is 0 Å². The van der Waals surface area contributed by atoms with E-state index in [0.717, 1.165) is 15.8 Å². The highest BCUT2D eigenvalue weighted by Crippen LogP contribution is 2.27. The second kappa shape index (κ2) is 5.87. The Morgan fingerprint density at radius 1 is 1.33 bits per heavy atom. The molecule has 3 heterocycles. The Morgan fingerprint density at radius 2 is 2.19 bits per heavy atom. The predicted molar refractivity (Wildman–Crippen MR) is 85.6 cm³/mol. The maximum absolute atomic E-state index is 12.1. The van der Waals surface area contributed by atoms with Crippen LogP contribution in [0.3, 0.4) is 0 Å². The lowest BCUT2D eigenvalue weighted by atomic mass is 10.4. The first-order chi connectivity index (χ1) is 10.0. The van der Waals surface area contributed by atoms with Crippen LogP contribution >= 0.6 is 27.3 Å². The van der Waals surface area contributed by atoms with Gasteiger partial charge in [0.05, 0.1) is 10.2 Å². The first-order valence-electron chi connectivity index (χ1n) is 6.16. The number of hydrogen-bond donors (Lipinski definition) is 3. The van der Waals surface area contributed by atoms with Crippen LogP contribution in [0, 0.1) is 0 Å². The summed E-state index contributed by atoms with van der Waals surface area (Å²) in [5.74, 6) is 1.08. The second-order valence-electron chi connectivity index (χ2n) is 4.35. The normalized spacial score (nSPS) is 17.6. The van der Waals surface area contributed by atoms with Crippen molar-refractivity contribution in [3.63, 3.8) is 0 Å². The molecule has 4 bridgehead atoms. The van der Waals surface area contributed by atoms with E-state index in [1.54, 1.807) is 17.6 Å². The number of hydrogen-bond acceptors (Lipinski definition) is 7. The standard InChI is InChI=1S/C11H12BrN5O2S2/c12-8-5-14-11-16-7-4-9(20-6-7)21(18,19)15-3-1-2-13-10(8)17-11/h4-6,15H,1-3H2,(H2,13,14,16,17). The summed E-state index contributed by atoms with van der Waals surface area (Å²) in [4.78, 5) is 8.52. The largest absolute Gasteiger partial charge is 0.369 e. The summed E-state index contributed by atoms with van der Waals surface area (Å²) in [6, 6.07) is 1.57. The molecule has 1 aliphatic heterocycles. The van der Waals surface area contributed by atoms with Gasteiger partial charge in [-0.05, 0) is 28.4 Å². The SMILES string of the molecule is O=S1(=O)NCCCNc2nc(ncc2Br)Nc2csc1c2. The molecule has 0 atom stereocenters. The van der Waals surface area contributed by atoms with Crippen molar-refractivity contribution in [1.29, 1.82) is 0 Å². The molecule has 2 aromatic rings. The molecule has 112 valence electrons. The number of anilines is 3. The fraction of sp³-hybridized carbons (Fsp3) is 0.273. The molecule has 0 aromatic carbocycles. The van der Waals surface area contributed by atoms with E-state index in [0.29, 0.717) is 37.0 Å². The third-order valence-corrected chi connectivity index (χ3v) is 6.26. The number of sulfonamides is 1. The van der Waals surface area contributed by atoms with Crippen LogP contribution in [0.25, 0.3) is 0 Å². The molecule has 0 radical (unpaired) electrons. The highest BCUT2D eigenvalue weighted by molar-refractivity contribution is 9.10. The number of nitrogens with zero attached hydrogens (tertiary/aromatic N) is 2. The van der Waals surface area contributed by atoms with Gasteiger partial charge in [0.15, 0.2) is 0 Å². The van der Waals surface area contributed by atoms with Gasteiger partial charge < -0.3 is 10.6 Å². The number of rotatable bonds is 0. The van der Waals surface area contributed by atoms with Gasteiger partial charge in [0.2, 0.25) is 16.0 Å². The fourth-order valence-electron chi connectivity index (χ4n) is 1.78. The molecular formula is C11H12BrN5O2S2. The van der Waals surface area contributed by atoms with E-state index < -0.39 is 10.0 Å². The lowest BCUT2D eigenvalue weighted by molar-refractivity contribution is 0.582. The molecule has 0 spiro atoms. The number of aromatic nitrogens is 2. The van der Waals surface area contributed by atoms with Crippen molar-refractivity contribution < 1.29 is 8.42 Å². The Bertz CT molecular complexity index is 762. The number of fused-ring (bicyclic) bond motifs is 4. The molecule has 0 aliphatic carbocycles. The highest BCUT2D eigenvalue weighted by atomic mass is 79.9. The van der Waals surface area contributed by atoms with E-state index in [-0.39, 0.29) is 4.21 Å². The van der Waals surface area contributed by atoms with Gasteiger partial charge in [-0.15, -0.1) is 11.3 Å². The minimum Gasteiger partial charge on any atom is -0.369 e. The van der Waals surface area contributed by atoms with Gasteiger partial charge in [-0.1, -0.05) is 0 Å². The van der Waals surface area contributed by atoms with Gasteiger partial charge in [-0.25, -0.2) is 18.1 Å². The second-order valence-corrected chi connectivity index (χ2v) is 8.11. The zero-order chi connectivity index (χ0) is 14.9. The van der Waals surface area contributed by atoms with Crippen molar-refractivity contribution in [2.24, 2.45) is 0 Å². The first-order valence-corrected chi connectivity index (χ1v) is 9.32. The predicted octanol–water partition coefficient (Wildman–Crippen LogP) is 2.14. The van der Waals surface area contributed by atoms with Crippen LogP contribution in [0.4, 0.5) is 17.5 Å².